The van der Waals surface area contributed by atoms with Gasteiger partial charge in [-0.15, -0.1) is 0 Å². The summed E-state index contributed by atoms with van der Waals surface area (Å²) in [7, 11) is 5.58. The van der Waals surface area contributed by atoms with Gasteiger partial charge in [-0.05, 0) is 24.0 Å². The van der Waals surface area contributed by atoms with E-state index in [9.17, 15) is 4.79 Å². The summed E-state index contributed by atoms with van der Waals surface area (Å²) in [5.74, 6) is -0.512. The molecule has 1 N–H and O–H groups in total. The van der Waals surface area contributed by atoms with Gasteiger partial charge in [0.15, 0.2) is 5.78 Å². The van der Waals surface area contributed by atoms with Crippen LogP contribution in [0.4, 0.5) is 0 Å². The zero-order chi connectivity index (χ0) is 11.0. The van der Waals surface area contributed by atoms with Crippen molar-refractivity contribution in [3.63, 3.8) is 0 Å². The summed E-state index contributed by atoms with van der Waals surface area (Å²) in [5.41, 5.74) is 1.60. The minimum atomic E-state index is -0.469. The van der Waals surface area contributed by atoms with E-state index in [1.807, 2.05) is 18.2 Å². The van der Waals surface area contributed by atoms with E-state index < -0.39 is 5.82 Å². The van der Waals surface area contributed by atoms with Crippen LogP contribution in [0.25, 0.3) is 10.9 Å². The molecule has 1 atom stereocenters. The highest BCUT2D eigenvalue weighted by Gasteiger charge is 2.14. The van der Waals surface area contributed by atoms with Crippen LogP contribution >= 0.6 is 15.9 Å². The molecule has 2 aromatic rings. The lowest BCUT2D eigenvalue weighted by Crippen LogP contribution is -2.04. The average Bonchev–Trinajstić information content (AvgIpc) is 2.59. The normalized spacial score (nSPS) is 12.9. The number of fused-ring (bicyclic) bond motifs is 1. The summed E-state index contributed by atoms with van der Waals surface area (Å²) in [5, 5.41) is 0.909. The lowest BCUT2D eigenvalue weighted by Gasteiger charge is -2.02. The molecule has 1 unspecified atom stereocenters. The Hall–Kier alpha value is -1.03. The van der Waals surface area contributed by atoms with Crippen molar-refractivity contribution in [1.82, 2.24) is 4.98 Å². The van der Waals surface area contributed by atoms with Crippen LogP contribution in [0.3, 0.4) is 0 Å². The number of aromatic nitrogens is 1. The number of rotatable bonds is 2. The number of H-pyrrole nitrogens is 1. The summed E-state index contributed by atoms with van der Waals surface area (Å²) >= 11 is 3.38. The van der Waals surface area contributed by atoms with Gasteiger partial charge in [0, 0.05) is 27.1 Å². The molecule has 0 aliphatic heterocycles. The van der Waals surface area contributed by atoms with Crippen LogP contribution in [0.2, 0.25) is 5.82 Å². The number of aromatic amines is 1. The van der Waals surface area contributed by atoms with Gasteiger partial charge in [0.1, 0.15) is 0 Å². The number of ketones is 1. The Morgan fingerprint density at radius 1 is 1.53 bits per heavy atom. The number of benzene rings is 1. The maximum absolute atomic E-state index is 11.8. The molecule has 4 heteroatoms. The van der Waals surface area contributed by atoms with Crippen molar-refractivity contribution in [2.24, 2.45) is 0 Å². The Kier molecular flexibility index (Phi) is 2.69. The van der Waals surface area contributed by atoms with Crippen LogP contribution in [0.5, 0.6) is 0 Å². The van der Waals surface area contributed by atoms with E-state index in [4.69, 9.17) is 7.85 Å². The molecule has 0 bridgehead atoms. The fraction of sp³-hybridized carbons (Fsp3) is 0.182. The summed E-state index contributed by atoms with van der Waals surface area (Å²) in [6.07, 6.45) is 1.71. The van der Waals surface area contributed by atoms with Crippen LogP contribution in [-0.4, -0.2) is 18.6 Å². The fourth-order valence-electron chi connectivity index (χ4n) is 1.54. The zero-order valence-corrected chi connectivity index (χ0v) is 9.84. The molecular formula is C11H9BBrNO. The smallest absolute Gasteiger partial charge is 0.159 e. The van der Waals surface area contributed by atoms with E-state index >= 15 is 0 Å². The minimum absolute atomic E-state index is 0.0423. The monoisotopic (exact) mass is 261 g/mol. The van der Waals surface area contributed by atoms with Gasteiger partial charge in [0.05, 0.1) is 7.85 Å². The topological polar surface area (TPSA) is 32.9 Å². The highest BCUT2D eigenvalue weighted by molar-refractivity contribution is 9.10. The Labute approximate surface area is 97.6 Å². The first-order valence-corrected chi connectivity index (χ1v) is 5.45. The van der Waals surface area contributed by atoms with E-state index in [1.165, 1.54) is 0 Å². The molecule has 0 saturated carbocycles. The van der Waals surface area contributed by atoms with E-state index in [1.54, 1.807) is 13.1 Å². The summed E-state index contributed by atoms with van der Waals surface area (Å²) in [4.78, 5) is 14.8. The van der Waals surface area contributed by atoms with E-state index in [0.29, 0.717) is 5.56 Å². The molecule has 2 nitrogen and oxygen atoms in total. The van der Waals surface area contributed by atoms with Crippen molar-refractivity contribution in [2.45, 2.75) is 12.7 Å². The van der Waals surface area contributed by atoms with Gasteiger partial charge >= 0.3 is 0 Å². The molecule has 0 spiro atoms. The summed E-state index contributed by atoms with van der Waals surface area (Å²) in [6.45, 7) is 1.69. The van der Waals surface area contributed by atoms with Gasteiger partial charge in [-0.2, -0.15) is 0 Å². The molecule has 0 amide bonds. The standard InChI is InChI=1S/C11H9BBrNO/c1-6(12)11(15)9-5-14-10-3-2-7(13)4-8(9)10/h2-6,14H,1H3. The van der Waals surface area contributed by atoms with Gasteiger partial charge in [-0.25, -0.2) is 0 Å². The first kappa shape index (κ1) is 10.5. The fourth-order valence-corrected chi connectivity index (χ4v) is 1.90. The molecule has 1 aromatic carbocycles. The molecule has 0 fully saturated rings. The van der Waals surface area contributed by atoms with Crippen LogP contribution in [0.1, 0.15) is 17.3 Å². The number of carbonyl (C=O) groups is 1. The number of carbonyl (C=O) groups excluding carboxylic acids is 1. The number of Topliss-reactive ketones (excluding diaryl/α,β-unsaturated/α-hetero) is 1. The van der Waals surface area contributed by atoms with Gasteiger partial charge < -0.3 is 4.98 Å². The van der Waals surface area contributed by atoms with Crippen molar-refractivity contribution in [2.75, 3.05) is 0 Å². The van der Waals surface area contributed by atoms with Gasteiger partial charge in [0.25, 0.3) is 0 Å². The Bertz CT molecular complexity index is 518. The predicted molar refractivity (Wildman–Crippen MR) is 65.5 cm³/mol. The maximum Gasteiger partial charge on any atom is 0.159 e. The van der Waals surface area contributed by atoms with E-state index in [-0.39, 0.29) is 5.78 Å². The van der Waals surface area contributed by atoms with Crippen LogP contribution in [0, 0.1) is 0 Å². The van der Waals surface area contributed by atoms with Crippen molar-refractivity contribution >= 4 is 40.5 Å². The second-order valence-corrected chi connectivity index (χ2v) is 4.46. The summed E-state index contributed by atoms with van der Waals surface area (Å²) < 4.78 is 0.952. The first-order chi connectivity index (χ1) is 7.09. The highest BCUT2D eigenvalue weighted by Crippen LogP contribution is 2.25. The van der Waals surface area contributed by atoms with Crippen molar-refractivity contribution < 1.29 is 4.79 Å². The second-order valence-electron chi connectivity index (χ2n) is 3.55. The third kappa shape index (κ3) is 1.86. The zero-order valence-electron chi connectivity index (χ0n) is 8.25. The quantitative estimate of drug-likeness (QED) is 0.654. The highest BCUT2D eigenvalue weighted by atomic mass is 79.9. The van der Waals surface area contributed by atoms with Gasteiger partial charge in [-0.3, -0.25) is 4.79 Å². The largest absolute Gasteiger partial charge is 0.360 e. The SMILES string of the molecule is [B]C(C)C(=O)c1c[nH]c2ccc(Br)cc12. The lowest BCUT2D eigenvalue weighted by molar-refractivity contribution is 0.0990. The number of hydrogen-bond donors (Lipinski definition) is 1. The Morgan fingerprint density at radius 2 is 2.27 bits per heavy atom. The molecule has 2 radical (unpaired) electrons. The van der Waals surface area contributed by atoms with Crippen molar-refractivity contribution in [3.05, 3.63) is 34.4 Å². The van der Waals surface area contributed by atoms with Gasteiger partial charge in [0.2, 0.25) is 0 Å². The minimum Gasteiger partial charge on any atom is -0.360 e. The predicted octanol–water partition coefficient (Wildman–Crippen LogP) is 3.09. The summed E-state index contributed by atoms with van der Waals surface area (Å²) in [6, 6.07) is 5.78. The molecule has 74 valence electrons. The average molecular weight is 262 g/mol. The van der Waals surface area contributed by atoms with Crippen LogP contribution < -0.4 is 0 Å². The maximum atomic E-state index is 11.8. The first-order valence-electron chi connectivity index (χ1n) is 4.66. The number of nitrogens with one attached hydrogen (secondary N) is 1. The molecule has 1 aromatic heterocycles. The number of hydrogen-bond acceptors (Lipinski definition) is 1. The molecule has 15 heavy (non-hydrogen) atoms. The van der Waals surface area contributed by atoms with Gasteiger partial charge in [-0.1, -0.05) is 22.9 Å². The molecule has 1 heterocycles. The molecule has 0 saturated heterocycles. The van der Waals surface area contributed by atoms with Crippen molar-refractivity contribution in [3.8, 4) is 0 Å². The van der Waals surface area contributed by atoms with Crippen molar-refractivity contribution in [1.29, 1.82) is 0 Å². The second kappa shape index (κ2) is 3.85. The third-order valence-corrected chi connectivity index (χ3v) is 2.82. The van der Waals surface area contributed by atoms with Crippen LogP contribution in [0.15, 0.2) is 28.9 Å². The number of halogens is 1. The van der Waals surface area contributed by atoms with Crippen LogP contribution in [-0.2, 0) is 0 Å². The lowest BCUT2D eigenvalue weighted by atomic mass is 9.83. The Balaban J connectivity index is 2.62. The van der Waals surface area contributed by atoms with E-state index in [2.05, 4.69) is 20.9 Å². The van der Waals surface area contributed by atoms with E-state index in [0.717, 1.165) is 15.4 Å². The molecule has 0 aliphatic rings. The Morgan fingerprint density at radius 3 is 2.93 bits per heavy atom. The third-order valence-electron chi connectivity index (χ3n) is 2.32. The molecule has 0 aliphatic carbocycles. The molecule has 2 rings (SSSR count). The molecular weight excluding hydrogens is 253 g/mol.